The summed E-state index contributed by atoms with van der Waals surface area (Å²) in [5.74, 6) is 0. The van der Waals surface area contributed by atoms with Crippen molar-refractivity contribution in [3.63, 3.8) is 0 Å². The molecule has 0 amide bonds. The summed E-state index contributed by atoms with van der Waals surface area (Å²) < 4.78 is 27.6. The third kappa shape index (κ3) is 4.06. The number of anilines is 3. The maximum Gasteiger partial charge on any atom is 0.261 e. The van der Waals surface area contributed by atoms with Crippen LogP contribution in [0.2, 0.25) is 0 Å². The van der Waals surface area contributed by atoms with Gasteiger partial charge >= 0.3 is 0 Å². The number of benzene rings is 3. The third-order valence-electron chi connectivity index (χ3n) is 4.15. The first kappa shape index (κ1) is 18.0. The average Bonchev–Trinajstić information content (AvgIpc) is 2.65. The minimum absolute atomic E-state index is 0.256. The molecule has 0 spiro atoms. The van der Waals surface area contributed by atoms with Gasteiger partial charge in [0.1, 0.15) is 0 Å². The van der Waals surface area contributed by atoms with E-state index in [1.165, 1.54) is 0 Å². The van der Waals surface area contributed by atoms with E-state index in [-0.39, 0.29) is 4.90 Å². The van der Waals surface area contributed by atoms with Crippen molar-refractivity contribution in [1.29, 1.82) is 0 Å². The van der Waals surface area contributed by atoms with Gasteiger partial charge in [0.05, 0.1) is 4.90 Å². The Balaban J connectivity index is 1.80. The molecule has 0 aliphatic carbocycles. The van der Waals surface area contributed by atoms with E-state index < -0.39 is 10.0 Å². The lowest BCUT2D eigenvalue weighted by Crippen LogP contribution is -2.16. The fourth-order valence-electron chi connectivity index (χ4n) is 2.76. The maximum absolute atomic E-state index is 12.5. The van der Waals surface area contributed by atoms with Crippen molar-refractivity contribution in [3.05, 3.63) is 84.4 Å². The Bertz CT molecular complexity index is 951. The van der Waals surface area contributed by atoms with Crippen LogP contribution in [-0.4, -0.2) is 15.0 Å². The molecule has 3 aromatic carbocycles. The van der Waals surface area contributed by atoms with Gasteiger partial charge in [0.25, 0.3) is 10.0 Å². The normalized spacial score (nSPS) is 11.2. The average molecular weight is 366 g/mol. The van der Waals surface area contributed by atoms with Gasteiger partial charge in [0.2, 0.25) is 0 Å². The Morgan fingerprint density at radius 3 is 1.96 bits per heavy atom. The largest absolute Gasteiger partial charge is 0.342 e. The second kappa shape index (κ2) is 7.62. The van der Waals surface area contributed by atoms with Crippen molar-refractivity contribution in [2.24, 2.45) is 0 Å². The van der Waals surface area contributed by atoms with Gasteiger partial charge < -0.3 is 4.90 Å². The third-order valence-corrected chi connectivity index (χ3v) is 5.54. The second-order valence-corrected chi connectivity index (χ2v) is 7.73. The fraction of sp³-hybridized carbons (Fsp3) is 0.143. The molecular weight excluding hydrogens is 344 g/mol. The molecule has 26 heavy (non-hydrogen) atoms. The van der Waals surface area contributed by atoms with E-state index >= 15 is 0 Å². The zero-order valence-corrected chi connectivity index (χ0v) is 15.7. The summed E-state index contributed by atoms with van der Waals surface area (Å²) >= 11 is 0. The molecule has 0 aromatic heterocycles. The summed E-state index contributed by atoms with van der Waals surface area (Å²) in [6.45, 7) is 4.83. The van der Waals surface area contributed by atoms with Crippen LogP contribution >= 0.6 is 0 Å². The van der Waals surface area contributed by atoms with E-state index in [0.717, 1.165) is 23.5 Å². The summed E-state index contributed by atoms with van der Waals surface area (Å²) in [4.78, 5) is 2.42. The standard InChI is InChI=1S/C21H22N2O2S/c1-3-23(19-7-5-4-6-8-19)20-13-11-18(12-14-20)22-26(24,25)21-15-9-17(2)10-16-21/h4-16,22H,3H2,1-2H3. The Hall–Kier alpha value is -2.79. The van der Waals surface area contributed by atoms with Crippen molar-refractivity contribution < 1.29 is 8.42 Å². The van der Waals surface area contributed by atoms with Crippen LogP contribution in [0.1, 0.15) is 12.5 Å². The molecule has 3 aromatic rings. The predicted octanol–water partition coefficient (Wildman–Crippen LogP) is 4.95. The summed E-state index contributed by atoms with van der Waals surface area (Å²) in [6.07, 6.45) is 0. The number of rotatable bonds is 6. The fourth-order valence-corrected chi connectivity index (χ4v) is 3.82. The van der Waals surface area contributed by atoms with Gasteiger partial charge in [-0.25, -0.2) is 8.42 Å². The van der Waals surface area contributed by atoms with Crippen molar-refractivity contribution >= 4 is 27.1 Å². The maximum atomic E-state index is 12.5. The molecule has 0 radical (unpaired) electrons. The lowest BCUT2D eigenvalue weighted by Gasteiger charge is -2.23. The molecular formula is C21H22N2O2S. The highest BCUT2D eigenvalue weighted by Crippen LogP contribution is 2.26. The molecule has 4 nitrogen and oxygen atoms in total. The van der Waals surface area contributed by atoms with Gasteiger partial charge in [0, 0.05) is 23.6 Å². The van der Waals surface area contributed by atoms with Crippen molar-refractivity contribution in [3.8, 4) is 0 Å². The molecule has 5 heteroatoms. The van der Waals surface area contributed by atoms with E-state index in [0.29, 0.717) is 5.69 Å². The number of hydrogen-bond acceptors (Lipinski definition) is 3. The van der Waals surface area contributed by atoms with E-state index in [1.54, 1.807) is 36.4 Å². The lowest BCUT2D eigenvalue weighted by atomic mass is 10.2. The van der Waals surface area contributed by atoms with Gasteiger partial charge in [-0.1, -0.05) is 35.9 Å². The van der Waals surface area contributed by atoms with Gasteiger partial charge in [-0.05, 0) is 62.4 Å². The molecule has 3 rings (SSSR count). The first-order valence-corrected chi connectivity index (χ1v) is 10.00. The zero-order chi connectivity index (χ0) is 18.6. The summed E-state index contributed by atoms with van der Waals surface area (Å²) in [6, 6.07) is 24.3. The smallest absolute Gasteiger partial charge is 0.261 e. The number of hydrogen-bond donors (Lipinski definition) is 1. The van der Waals surface area contributed by atoms with Crippen LogP contribution in [-0.2, 0) is 10.0 Å². The van der Waals surface area contributed by atoms with E-state index in [4.69, 9.17) is 0 Å². The molecule has 0 saturated carbocycles. The Morgan fingerprint density at radius 2 is 1.38 bits per heavy atom. The number of aryl methyl sites for hydroxylation is 1. The van der Waals surface area contributed by atoms with Crippen LogP contribution < -0.4 is 9.62 Å². The summed E-state index contributed by atoms with van der Waals surface area (Å²) in [5.41, 5.74) is 3.67. The van der Waals surface area contributed by atoms with Crippen LogP contribution in [0.15, 0.2) is 83.8 Å². The van der Waals surface area contributed by atoms with Crippen LogP contribution in [0.5, 0.6) is 0 Å². The minimum Gasteiger partial charge on any atom is -0.342 e. The van der Waals surface area contributed by atoms with Crippen molar-refractivity contribution in [2.75, 3.05) is 16.2 Å². The van der Waals surface area contributed by atoms with Gasteiger partial charge in [-0.15, -0.1) is 0 Å². The zero-order valence-electron chi connectivity index (χ0n) is 14.9. The SMILES string of the molecule is CCN(c1ccccc1)c1ccc(NS(=O)(=O)c2ccc(C)cc2)cc1. The summed E-state index contributed by atoms with van der Waals surface area (Å²) in [7, 11) is -3.58. The minimum atomic E-state index is -3.58. The van der Waals surface area contributed by atoms with Gasteiger partial charge in [0.15, 0.2) is 0 Å². The first-order valence-electron chi connectivity index (χ1n) is 8.52. The highest BCUT2D eigenvalue weighted by molar-refractivity contribution is 7.92. The van der Waals surface area contributed by atoms with Gasteiger partial charge in [-0.3, -0.25) is 4.72 Å². The van der Waals surface area contributed by atoms with Crippen molar-refractivity contribution in [1.82, 2.24) is 0 Å². The van der Waals surface area contributed by atoms with Crippen LogP contribution in [0.4, 0.5) is 17.1 Å². The summed E-state index contributed by atoms with van der Waals surface area (Å²) in [5, 5.41) is 0. The van der Waals surface area contributed by atoms with Crippen LogP contribution in [0.25, 0.3) is 0 Å². The van der Waals surface area contributed by atoms with Gasteiger partial charge in [-0.2, -0.15) is 0 Å². The number of nitrogens with one attached hydrogen (secondary N) is 1. The van der Waals surface area contributed by atoms with E-state index in [2.05, 4.69) is 28.7 Å². The Labute approximate surface area is 155 Å². The Morgan fingerprint density at radius 1 is 0.808 bits per heavy atom. The molecule has 0 aliphatic rings. The van der Waals surface area contributed by atoms with Crippen LogP contribution in [0.3, 0.4) is 0 Å². The quantitative estimate of drug-likeness (QED) is 0.671. The monoisotopic (exact) mass is 366 g/mol. The molecule has 0 atom stereocenters. The van der Waals surface area contributed by atoms with E-state index in [1.807, 2.05) is 37.3 Å². The van der Waals surface area contributed by atoms with Crippen LogP contribution in [0, 0.1) is 6.92 Å². The molecule has 0 fully saturated rings. The van der Waals surface area contributed by atoms with Crippen molar-refractivity contribution in [2.45, 2.75) is 18.7 Å². The lowest BCUT2D eigenvalue weighted by molar-refractivity contribution is 0.601. The highest BCUT2D eigenvalue weighted by atomic mass is 32.2. The highest BCUT2D eigenvalue weighted by Gasteiger charge is 2.14. The second-order valence-electron chi connectivity index (χ2n) is 6.05. The molecule has 0 unspecified atom stereocenters. The molecule has 0 saturated heterocycles. The number of nitrogens with zero attached hydrogens (tertiary/aromatic N) is 1. The topological polar surface area (TPSA) is 49.4 Å². The molecule has 0 bridgehead atoms. The molecule has 134 valence electrons. The first-order chi connectivity index (χ1) is 12.5. The van der Waals surface area contributed by atoms with E-state index in [9.17, 15) is 8.42 Å². The molecule has 0 heterocycles. The number of sulfonamides is 1. The Kier molecular flexibility index (Phi) is 5.28. The molecule has 0 aliphatic heterocycles. The number of para-hydroxylation sites is 1. The predicted molar refractivity (Wildman–Crippen MR) is 108 cm³/mol. The molecule has 1 N–H and O–H groups in total.